The van der Waals surface area contributed by atoms with Crippen LogP contribution in [0.25, 0.3) is 99.3 Å². The molecule has 0 spiro atoms. The average molecular weight is 1100 g/mol. The summed E-state index contributed by atoms with van der Waals surface area (Å²) in [5, 5.41) is 6.63. The zero-order valence-corrected chi connectivity index (χ0v) is 42.8. The van der Waals surface area contributed by atoms with Crippen LogP contribution in [-0.2, 0) is 30.2 Å². The van der Waals surface area contributed by atoms with Gasteiger partial charge in [-0.2, -0.15) is 0 Å². The summed E-state index contributed by atoms with van der Waals surface area (Å²) >= 11 is 2.46. The number of fused-ring (bicyclic) bond motifs is 10. The maximum absolute atomic E-state index is 8.79. The number of nitrogens with zero attached hydrogens (tertiary/aromatic N) is 5. The van der Waals surface area contributed by atoms with E-state index >= 15 is 0 Å². The smallest absolute Gasteiger partial charge is 0.0622 e. The molecule has 0 fully saturated rings. The molecule has 71 heavy (non-hydrogen) atoms. The first kappa shape index (κ1) is 40.2. The second-order valence-electron chi connectivity index (χ2n) is 20.9. The molecule has 0 radical (unpaired) electrons. The number of hydrogen-bond donors (Lipinski definition) is 0. The van der Waals surface area contributed by atoms with E-state index in [9.17, 15) is 0 Å². The summed E-state index contributed by atoms with van der Waals surface area (Å²) in [5.74, 6) is 1.53. The molecule has 0 bridgehead atoms. The molecule has 13 rings (SSSR count). The molecule has 8 aromatic carbocycles. The fourth-order valence-corrected chi connectivity index (χ4v) is 11.7. The zero-order chi connectivity index (χ0) is 51.2. The van der Waals surface area contributed by atoms with Gasteiger partial charge in [0.2, 0.25) is 0 Å². The molecule has 0 atom stereocenters. The second kappa shape index (κ2) is 15.7. The summed E-state index contributed by atoms with van der Waals surface area (Å²) in [6.07, 6.45) is 1.70. The number of rotatable bonds is 6. The normalized spacial score (nSPS) is 13.4. The van der Waals surface area contributed by atoms with Gasteiger partial charge in [0.1, 0.15) is 0 Å². The van der Waals surface area contributed by atoms with Gasteiger partial charge in [-0.3, -0.25) is 0 Å². The van der Waals surface area contributed by atoms with Gasteiger partial charge in [-0.15, -0.1) is 0 Å². The summed E-state index contributed by atoms with van der Waals surface area (Å²) in [4.78, 5) is 5.08. The molecule has 5 aromatic heterocycles. The predicted molar refractivity (Wildman–Crippen MR) is 289 cm³/mol. The Morgan fingerprint density at radius 3 is 1.94 bits per heavy atom. The topological polar surface area (TPSA) is 41.3 Å². The van der Waals surface area contributed by atoms with Crippen molar-refractivity contribution in [3.63, 3.8) is 0 Å². The number of hydrogen-bond acceptors (Lipinski definition) is 2. The van der Waals surface area contributed by atoms with Crippen LogP contribution in [0.4, 0.5) is 0 Å². The molecule has 0 aliphatic rings. The van der Waals surface area contributed by atoms with Crippen LogP contribution in [0.2, 0.25) is 0 Å². The third-order valence-corrected chi connectivity index (χ3v) is 15.4. The first-order valence-corrected chi connectivity index (χ1v) is 25.3. The minimum absolute atomic E-state index is 0.0481. The molecule has 0 saturated carbocycles. The number of benzene rings is 8. The average Bonchev–Trinajstić information content (AvgIpc) is 4.09. The Hall–Kier alpha value is -7.53. The van der Waals surface area contributed by atoms with Gasteiger partial charge in [0.15, 0.2) is 0 Å². The van der Waals surface area contributed by atoms with Crippen molar-refractivity contribution in [2.45, 2.75) is 66.1 Å². The minimum atomic E-state index is -2.43. The van der Waals surface area contributed by atoms with Crippen LogP contribution in [0.1, 0.15) is 67.9 Å². The Bertz CT molecular complexity index is 4470. The molecule has 350 valence electrons. The molecule has 5 heterocycles. The first-order chi connectivity index (χ1) is 35.4. The summed E-state index contributed by atoms with van der Waals surface area (Å²) in [6, 6.07) is 62.1. The van der Waals surface area contributed by atoms with Crippen LogP contribution in [0.5, 0.6) is 11.5 Å². The number of ether oxygens (including phenoxy) is 1. The molecule has 0 saturated heterocycles. The van der Waals surface area contributed by atoms with Gasteiger partial charge < -0.3 is 4.40 Å². The van der Waals surface area contributed by atoms with E-state index in [2.05, 4.69) is 202 Å². The van der Waals surface area contributed by atoms with E-state index in [0.29, 0.717) is 28.4 Å². The van der Waals surface area contributed by atoms with Gasteiger partial charge in [0.25, 0.3) is 0 Å². The third-order valence-electron chi connectivity index (χ3n) is 14.4. The first-order valence-electron chi connectivity index (χ1n) is 25.6. The molecule has 0 unspecified atom stereocenters. The van der Waals surface area contributed by atoms with E-state index in [1.54, 1.807) is 12.3 Å². The van der Waals surface area contributed by atoms with Crippen molar-refractivity contribution >= 4 is 70.9 Å². The molecule has 0 aliphatic heterocycles. The molecule has 6 nitrogen and oxygen atoms in total. The summed E-state index contributed by atoms with van der Waals surface area (Å²) in [5.41, 5.74) is 14.0. The van der Waals surface area contributed by atoms with Crippen molar-refractivity contribution in [2.24, 2.45) is 0 Å². The van der Waals surface area contributed by atoms with Gasteiger partial charge in [0, 0.05) is 37.4 Å². The summed E-state index contributed by atoms with van der Waals surface area (Å²) in [6.45, 7) is 13.3. The van der Waals surface area contributed by atoms with Crippen molar-refractivity contribution < 1.29 is 28.2 Å². The Kier molecular flexibility index (Phi) is 8.92. The molecular formula is C64H51N5OPt-2. The van der Waals surface area contributed by atoms with Crippen molar-refractivity contribution in [1.29, 1.82) is 0 Å². The Morgan fingerprint density at radius 2 is 1.21 bits per heavy atom. The zero-order valence-electron chi connectivity index (χ0n) is 43.5. The summed E-state index contributed by atoms with van der Waals surface area (Å²) < 4.78 is 43.3. The van der Waals surface area contributed by atoms with Crippen LogP contribution in [0.15, 0.2) is 164 Å². The van der Waals surface area contributed by atoms with Crippen molar-refractivity contribution in [3.05, 3.63) is 202 Å². The maximum atomic E-state index is 8.79. The molecule has 0 aliphatic carbocycles. The summed E-state index contributed by atoms with van der Waals surface area (Å²) in [7, 11) is 0. The van der Waals surface area contributed by atoms with Crippen molar-refractivity contribution in [1.82, 2.24) is 23.1 Å². The minimum Gasteiger partial charge on any atom is -0.0622 e. The number of pyridine rings is 1. The van der Waals surface area contributed by atoms with E-state index in [1.807, 2.05) is 47.9 Å². The SMILES string of the molecule is [2H]C([2H])([2H])c1cc(-n2c3[c-]c(Oc4[c-]c(-n5[c](=[Pt])n(-c6cc(C(C)(C)C)cc(C(C)(C)C)c6)c6ccccc65)ccc4C)ccc3c3cc4c5cccc6c7ccccc7n(c4cc32)c65)ncc1-c1ccccc1. The number of aryl methyl sites for hydroxylation is 2. The molecular weight excluding hydrogens is 1050 g/mol. The van der Waals surface area contributed by atoms with Gasteiger partial charge in [0.05, 0.1) is 16.6 Å². The quantitative estimate of drug-likeness (QED) is 0.156. The van der Waals surface area contributed by atoms with E-state index < -0.39 is 6.85 Å². The van der Waals surface area contributed by atoms with Gasteiger partial charge >= 0.3 is 281 Å². The van der Waals surface area contributed by atoms with Crippen LogP contribution in [0.3, 0.4) is 0 Å². The van der Waals surface area contributed by atoms with Gasteiger partial charge in [-0.05, 0) is 24.0 Å². The molecule has 0 amide bonds. The van der Waals surface area contributed by atoms with E-state index in [0.717, 1.165) is 70.0 Å². The number of aromatic nitrogens is 5. The number of imidazole rings is 1. The van der Waals surface area contributed by atoms with Crippen LogP contribution in [-0.4, -0.2) is 23.1 Å². The Labute approximate surface area is 428 Å². The molecule has 13 aromatic rings. The Balaban J connectivity index is 0.999. The predicted octanol–water partition coefficient (Wildman–Crippen LogP) is 16.4. The standard InChI is InChI=1S/C64H51N5O.Pt/c1-39-25-26-44(66-38-67(56-24-15-14-23-55(56)66)45-31-42(63(3,4)5)30-43(32-45)64(6,7)8)33-60(39)70-46-27-28-48-51-35-52-50-21-16-20-49-47-19-12-13-22-54(47)69(62(49)50)59(52)36-58(51)68(57(48)34-46)61-29-40(2)53(37-65-61)41-17-10-9-11-18-41;/h9-32,35-37H,1-8H3;/q-2;/i2D3;. The van der Waals surface area contributed by atoms with E-state index in [-0.39, 0.29) is 16.4 Å². The Morgan fingerprint density at radius 1 is 0.549 bits per heavy atom. The number of para-hydroxylation sites is 4. The van der Waals surface area contributed by atoms with Crippen molar-refractivity contribution in [3.8, 4) is 39.8 Å². The second-order valence-corrected chi connectivity index (χ2v) is 22.0. The van der Waals surface area contributed by atoms with Crippen molar-refractivity contribution in [2.75, 3.05) is 0 Å². The monoisotopic (exact) mass is 1100 g/mol. The van der Waals surface area contributed by atoms with Crippen LogP contribution in [0, 0.1) is 29.7 Å². The fraction of sp³-hybridized carbons (Fsp3) is 0.156. The van der Waals surface area contributed by atoms with E-state index in [4.69, 9.17) is 13.8 Å². The third kappa shape index (κ3) is 6.79. The van der Waals surface area contributed by atoms with Gasteiger partial charge in [-0.1, -0.05) is 66.7 Å². The van der Waals surface area contributed by atoms with Crippen LogP contribution >= 0.6 is 0 Å². The molecule has 0 N–H and O–H groups in total. The van der Waals surface area contributed by atoms with E-state index in [1.165, 1.54) is 32.8 Å². The van der Waals surface area contributed by atoms with Gasteiger partial charge in [-0.25, -0.2) is 0 Å². The molecule has 7 heteroatoms. The van der Waals surface area contributed by atoms with Crippen LogP contribution < -0.4 is 4.74 Å². The fourth-order valence-electron chi connectivity index (χ4n) is 10.6.